The number of hydrogen-bond acceptors (Lipinski definition) is 10. The van der Waals surface area contributed by atoms with Gasteiger partial charge in [0.25, 0.3) is 0 Å². The predicted octanol–water partition coefficient (Wildman–Crippen LogP) is 7.15. The van der Waals surface area contributed by atoms with Gasteiger partial charge in [0.1, 0.15) is 36.1 Å². The van der Waals surface area contributed by atoms with Crippen LogP contribution in [0, 0.1) is 17.8 Å². The van der Waals surface area contributed by atoms with Gasteiger partial charge in [-0.15, -0.1) is 0 Å². The minimum atomic E-state index is -0.703. The molecule has 4 aromatic rings. The summed E-state index contributed by atoms with van der Waals surface area (Å²) in [5.74, 6) is 2.06. The number of likely N-dealkylation sites (tertiary alicyclic amines) is 1. The Bertz CT molecular complexity index is 2540. The zero-order valence-corrected chi connectivity index (χ0v) is 38.2. The second-order valence-corrected chi connectivity index (χ2v) is 19.1. The summed E-state index contributed by atoms with van der Waals surface area (Å²) in [7, 11) is 2.63. The third-order valence-electron chi connectivity index (χ3n) is 15.4. The van der Waals surface area contributed by atoms with Crippen LogP contribution >= 0.6 is 0 Å². The third kappa shape index (κ3) is 7.32. The van der Waals surface area contributed by atoms with Gasteiger partial charge in [-0.25, -0.2) is 19.6 Å². The molecular formula is C49H60N8O8. The standard InChI is InChI=1S/C49H60N8O8/c1-8-23(2)41(54-48(60)62-6)46(58)56-24(3)9-14-37(56)44-50-21-35(52-44)28-10-12-30-29(18-28)22-64-39-20-31-27(19-32(30)39)11-13-34-42(31)53-45(51-34)38-16-15-36-40-26(5)65-25(4)17-33(40)43(47(59)57(36)38)55-49(61)63-7/h10,12,18-21,23-26,33,36-38,40-41,43H,8-9,11,13-17,22H2,1-7H3,(H,50,52)(H,51,53)(H,54,60)(H,55,61)/t23-,24-,25+,26+,33?,36+,37-,38-,40?,41-,43-/m0/s1. The molecule has 344 valence electrons. The first kappa shape index (κ1) is 43.0. The second-order valence-electron chi connectivity index (χ2n) is 19.1. The number of carbonyl (C=O) groups is 4. The van der Waals surface area contributed by atoms with E-state index in [4.69, 9.17) is 28.9 Å². The molecule has 4 saturated heterocycles. The monoisotopic (exact) mass is 888 g/mol. The molecule has 0 spiro atoms. The number of fused-ring (bicyclic) bond motifs is 9. The number of imidazole rings is 2. The van der Waals surface area contributed by atoms with Crippen LogP contribution in [0.1, 0.15) is 114 Å². The van der Waals surface area contributed by atoms with E-state index >= 15 is 0 Å². The van der Waals surface area contributed by atoms with Crippen LogP contribution in [0.2, 0.25) is 0 Å². The number of aryl methyl sites for hydroxylation is 2. The van der Waals surface area contributed by atoms with E-state index in [9.17, 15) is 19.2 Å². The largest absolute Gasteiger partial charge is 0.488 e. The Hall–Kier alpha value is -5.90. The fourth-order valence-electron chi connectivity index (χ4n) is 12.1. The number of benzene rings is 2. The number of piperidine rings is 1. The normalized spacial score (nSPS) is 28.4. The minimum absolute atomic E-state index is 0.00894. The third-order valence-corrected chi connectivity index (χ3v) is 15.4. The molecule has 5 aliphatic heterocycles. The first-order chi connectivity index (χ1) is 31.4. The number of methoxy groups -OCH3 is 2. The zero-order valence-electron chi connectivity index (χ0n) is 38.2. The highest BCUT2D eigenvalue weighted by Crippen LogP contribution is 2.51. The van der Waals surface area contributed by atoms with Crippen molar-refractivity contribution >= 4 is 24.0 Å². The first-order valence-corrected chi connectivity index (χ1v) is 23.4. The average molecular weight is 889 g/mol. The molecule has 65 heavy (non-hydrogen) atoms. The number of alkyl carbamates (subject to hydrolysis) is 2. The maximum Gasteiger partial charge on any atom is 0.407 e. The number of nitrogens with zero attached hydrogens (tertiary/aromatic N) is 4. The van der Waals surface area contributed by atoms with E-state index in [1.165, 1.54) is 19.8 Å². The quantitative estimate of drug-likeness (QED) is 0.141. The van der Waals surface area contributed by atoms with E-state index in [-0.39, 0.29) is 65.9 Å². The molecule has 6 aliphatic rings. The molecule has 0 radical (unpaired) electrons. The van der Waals surface area contributed by atoms with Gasteiger partial charge in [-0.05, 0) is 118 Å². The molecule has 2 aromatic carbocycles. The van der Waals surface area contributed by atoms with E-state index in [2.05, 4.69) is 57.9 Å². The SMILES string of the molecule is CC[C@H](C)[C@H](NC(=O)OC)C(=O)N1[C@@H](C)CC[C@H]1c1ncc(-c2ccc3c(c2)COc2cc4c(cc2-3)CCc2nc([C@@H]3CC[C@@H]5C6C(C[C@@H](C)O[C@@H]6C)[C@H](NC(=O)OC)C(=O)N53)[nH]c2-4)[nH]1. The lowest BCUT2D eigenvalue weighted by Crippen LogP contribution is -2.66. The molecule has 4 amide bonds. The summed E-state index contributed by atoms with van der Waals surface area (Å²) in [4.78, 5) is 74.3. The van der Waals surface area contributed by atoms with Crippen molar-refractivity contribution in [2.75, 3.05) is 14.2 Å². The smallest absolute Gasteiger partial charge is 0.407 e. The number of H-pyrrole nitrogens is 2. The summed E-state index contributed by atoms with van der Waals surface area (Å²) in [6.07, 6.45) is 6.74. The van der Waals surface area contributed by atoms with Crippen molar-refractivity contribution < 1.29 is 38.1 Å². The molecule has 2 aromatic heterocycles. The van der Waals surface area contributed by atoms with E-state index in [1.807, 2.05) is 43.7 Å². The van der Waals surface area contributed by atoms with Crippen LogP contribution in [0.5, 0.6) is 5.75 Å². The van der Waals surface area contributed by atoms with Crippen molar-refractivity contribution in [1.29, 1.82) is 0 Å². The lowest BCUT2D eigenvalue weighted by Gasteiger charge is -2.52. The Morgan fingerprint density at radius 1 is 0.923 bits per heavy atom. The maximum atomic E-state index is 14.4. The molecule has 4 fully saturated rings. The van der Waals surface area contributed by atoms with Gasteiger partial charge >= 0.3 is 12.2 Å². The maximum absolute atomic E-state index is 14.4. The molecular weight excluding hydrogens is 829 g/mol. The average Bonchev–Trinajstić information content (AvgIpc) is 4.14. The summed E-state index contributed by atoms with van der Waals surface area (Å²) in [6, 6.07) is 8.88. The van der Waals surface area contributed by atoms with Crippen molar-refractivity contribution in [3.8, 4) is 39.4 Å². The molecule has 0 bridgehead atoms. The molecule has 11 atom stereocenters. The molecule has 4 N–H and O–H groups in total. The second kappa shape index (κ2) is 16.8. The Morgan fingerprint density at radius 3 is 2.51 bits per heavy atom. The van der Waals surface area contributed by atoms with Gasteiger partial charge in [0.05, 0.1) is 61.8 Å². The Labute approximate surface area is 378 Å². The zero-order chi connectivity index (χ0) is 45.4. The fraction of sp³-hybridized carbons (Fsp3) is 0.551. The van der Waals surface area contributed by atoms with Crippen molar-refractivity contribution in [3.63, 3.8) is 0 Å². The molecule has 7 heterocycles. The van der Waals surface area contributed by atoms with Crippen molar-refractivity contribution in [1.82, 2.24) is 40.4 Å². The number of hydrogen-bond donors (Lipinski definition) is 4. The van der Waals surface area contributed by atoms with E-state index in [1.54, 1.807) is 0 Å². The van der Waals surface area contributed by atoms with Crippen molar-refractivity contribution in [3.05, 3.63) is 65.0 Å². The summed E-state index contributed by atoms with van der Waals surface area (Å²) in [6.45, 7) is 10.5. The summed E-state index contributed by atoms with van der Waals surface area (Å²) in [5, 5.41) is 5.69. The van der Waals surface area contributed by atoms with Gasteiger partial charge in [0.15, 0.2) is 0 Å². The van der Waals surface area contributed by atoms with Crippen molar-refractivity contribution in [2.45, 2.75) is 141 Å². The van der Waals surface area contributed by atoms with Crippen LogP contribution in [-0.4, -0.2) is 104 Å². The number of aromatic amines is 2. The predicted molar refractivity (Wildman–Crippen MR) is 239 cm³/mol. The highest BCUT2D eigenvalue weighted by Gasteiger charge is 2.57. The molecule has 10 rings (SSSR count). The highest BCUT2D eigenvalue weighted by atomic mass is 16.5. The van der Waals surface area contributed by atoms with Crippen molar-refractivity contribution in [2.24, 2.45) is 17.8 Å². The topological polar surface area (TPSA) is 193 Å². The Balaban J connectivity index is 0.889. The van der Waals surface area contributed by atoms with E-state index < -0.39 is 24.3 Å². The van der Waals surface area contributed by atoms with Crippen LogP contribution in [-0.2, 0) is 43.2 Å². The Kier molecular flexibility index (Phi) is 11.1. The molecule has 0 saturated carbocycles. The Morgan fingerprint density at radius 2 is 1.72 bits per heavy atom. The highest BCUT2D eigenvalue weighted by molar-refractivity contribution is 5.89. The van der Waals surface area contributed by atoms with Gasteiger partial charge in [0, 0.05) is 29.1 Å². The molecule has 16 heteroatoms. The van der Waals surface area contributed by atoms with E-state index in [0.29, 0.717) is 13.0 Å². The molecule has 1 aliphatic carbocycles. The van der Waals surface area contributed by atoms with Gasteiger partial charge in [-0.2, -0.15) is 0 Å². The summed E-state index contributed by atoms with van der Waals surface area (Å²) in [5.41, 5.74) is 9.28. The van der Waals surface area contributed by atoms with Crippen LogP contribution in [0.25, 0.3) is 33.6 Å². The number of ether oxygens (including phenoxy) is 4. The summed E-state index contributed by atoms with van der Waals surface area (Å²) >= 11 is 0. The lowest BCUT2D eigenvalue weighted by atomic mass is 9.69. The number of rotatable bonds is 8. The number of aromatic nitrogens is 4. The number of carbonyl (C=O) groups excluding carboxylic acids is 4. The minimum Gasteiger partial charge on any atom is -0.488 e. The van der Waals surface area contributed by atoms with E-state index in [0.717, 1.165) is 107 Å². The van der Waals surface area contributed by atoms with Gasteiger partial charge < -0.3 is 49.3 Å². The van der Waals surface area contributed by atoms with Crippen LogP contribution < -0.4 is 15.4 Å². The molecule has 16 nitrogen and oxygen atoms in total. The summed E-state index contributed by atoms with van der Waals surface area (Å²) < 4.78 is 22.7. The fourth-order valence-corrected chi connectivity index (χ4v) is 12.1. The first-order valence-electron chi connectivity index (χ1n) is 23.4. The van der Waals surface area contributed by atoms with Crippen LogP contribution in [0.4, 0.5) is 9.59 Å². The number of amides is 4. The van der Waals surface area contributed by atoms with Crippen LogP contribution in [0.15, 0.2) is 36.5 Å². The lowest BCUT2D eigenvalue weighted by molar-refractivity contribution is -0.168. The van der Waals surface area contributed by atoms with Gasteiger partial charge in [-0.1, -0.05) is 32.4 Å². The van der Waals surface area contributed by atoms with Crippen LogP contribution in [0.3, 0.4) is 0 Å². The van der Waals surface area contributed by atoms with Gasteiger partial charge in [-0.3, -0.25) is 9.59 Å². The van der Waals surface area contributed by atoms with Gasteiger partial charge in [0.2, 0.25) is 11.8 Å². The number of nitrogens with one attached hydrogen (secondary N) is 4. The molecule has 2 unspecified atom stereocenters.